The van der Waals surface area contributed by atoms with Gasteiger partial charge in [-0.2, -0.15) is 0 Å². The Morgan fingerprint density at radius 3 is 2.55 bits per heavy atom. The lowest BCUT2D eigenvalue weighted by molar-refractivity contribution is 0.480. The summed E-state index contributed by atoms with van der Waals surface area (Å²) in [6, 6.07) is 12.6. The largest absolute Gasteiger partial charge is 0.507 e. The van der Waals surface area contributed by atoms with Crippen LogP contribution in [0.15, 0.2) is 42.5 Å². The second-order valence-electron chi connectivity index (χ2n) is 4.61. The highest BCUT2D eigenvalue weighted by molar-refractivity contribution is 6.36. The summed E-state index contributed by atoms with van der Waals surface area (Å²) in [6.07, 6.45) is 0. The Morgan fingerprint density at radius 2 is 1.80 bits per heavy atom. The fourth-order valence-corrected chi connectivity index (χ4v) is 2.79. The van der Waals surface area contributed by atoms with Gasteiger partial charge in [-0.05, 0) is 25.1 Å². The Morgan fingerprint density at radius 1 is 1.00 bits per heavy atom. The van der Waals surface area contributed by atoms with Crippen molar-refractivity contribution in [1.82, 2.24) is 4.98 Å². The van der Waals surface area contributed by atoms with E-state index in [1.807, 2.05) is 31.2 Å². The summed E-state index contributed by atoms with van der Waals surface area (Å²) in [5.41, 5.74) is 3.21. The third-order valence-corrected chi connectivity index (χ3v) is 3.71. The van der Waals surface area contributed by atoms with Gasteiger partial charge in [0.15, 0.2) is 0 Å². The van der Waals surface area contributed by atoms with E-state index in [0.717, 1.165) is 22.3 Å². The molecule has 0 amide bonds. The molecular weight excluding hydrogens is 293 g/mol. The molecule has 1 N–H and O–H groups in total. The number of hydrogen-bond donors (Lipinski definition) is 1. The summed E-state index contributed by atoms with van der Waals surface area (Å²) >= 11 is 12.2. The van der Waals surface area contributed by atoms with Gasteiger partial charge < -0.3 is 5.11 Å². The van der Waals surface area contributed by atoms with E-state index in [1.165, 1.54) is 0 Å². The zero-order valence-corrected chi connectivity index (χ0v) is 12.2. The Hall–Kier alpha value is -1.77. The number of nitrogens with zero attached hydrogens (tertiary/aromatic N) is 1. The highest BCUT2D eigenvalue weighted by atomic mass is 35.5. The predicted octanol–water partition coefficient (Wildman–Crippen LogP) is 5.22. The van der Waals surface area contributed by atoms with Crippen LogP contribution in [0.5, 0.6) is 5.75 Å². The maximum Gasteiger partial charge on any atom is 0.126 e. The Bertz CT molecular complexity index is 815. The van der Waals surface area contributed by atoms with Gasteiger partial charge in [-0.1, -0.05) is 41.4 Å². The molecule has 0 unspecified atom stereocenters. The molecule has 0 spiro atoms. The first-order chi connectivity index (χ1) is 9.56. The number of rotatable bonds is 1. The van der Waals surface area contributed by atoms with E-state index in [0.29, 0.717) is 15.4 Å². The summed E-state index contributed by atoms with van der Waals surface area (Å²) in [4.78, 5) is 4.52. The van der Waals surface area contributed by atoms with Gasteiger partial charge in [-0.25, -0.2) is 0 Å². The maximum absolute atomic E-state index is 10.0. The van der Waals surface area contributed by atoms with Crippen LogP contribution in [0.25, 0.3) is 22.0 Å². The third-order valence-electron chi connectivity index (χ3n) is 3.17. The minimum absolute atomic E-state index is 0.222. The molecule has 0 saturated carbocycles. The molecule has 3 aromatic rings. The normalized spacial score (nSPS) is 10.9. The lowest BCUT2D eigenvalue weighted by atomic mass is 10.0. The van der Waals surface area contributed by atoms with Gasteiger partial charge in [0.05, 0.1) is 5.52 Å². The Kier molecular flexibility index (Phi) is 3.28. The molecule has 0 aliphatic heterocycles. The molecule has 3 rings (SSSR count). The van der Waals surface area contributed by atoms with Gasteiger partial charge in [0, 0.05) is 38.3 Å². The van der Waals surface area contributed by atoms with Crippen molar-refractivity contribution < 1.29 is 5.11 Å². The second kappa shape index (κ2) is 4.97. The number of aromatic nitrogens is 1. The van der Waals surface area contributed by atoms with Crippen LogP contribution in [0.4, 0.5) is 0 Å². The summed E-state index contributed by atoms with van der Waals surface area (Å²) in [5, 5.41) is 11.9. The summed E-state index contributed by atoms with van der Waals surface area (Å²) in [5.74, 6) is 0.222. The molecule has 1 heterocycles. The number of fused-ring (bicyclic) bond motifs is 1. The van der Waals surface area contributed by atoms with Crippen molar-refractivity contribution in [3.63, 3.8) is 0 Å². The minimum Gasteiger partial charge on any atom is -0.507 e. The number of halogens is 2. The van der Waals surface area contributed by atoms with Crippen LogP contribution in [0, 0.1) is 6.92 Å². The topological polar surface area (TPSA) is 33.1 Å². The van der Waals surface area contributed by atoms with E-state index in [4.69, 9.17) is 23.2 Å². The zero-order chi connectivity index (χ0) is 14.3. The van der Waals surface area contributed by atoms with Gasteiger partial charge in [-0.15, -0.1) is 0 Å². The smallest absolute Gasteiger partial charge is 0.126 e. The van der Waals surface area contributed by atoms with Crippen molar-refractivity contribution in [3.8, 4) is 16.9 Å². The highest BCUT2D eigenvalue weighted by Crippen LogP contribution is 2.36. The average molecular weight is 304 g/mol. The first kappa shape index (κ1) is 13.2. The highest BCUT2D eigenvalue weighted by Gasteiger charge is 2.11. The molecule has 2 nitrogen and oxygen atoms in total. The average Bonchev–Trinajstić information content (AvgIpc) is 2.38. The van der Waals surface area contributed by atoms with Gasteiger partial charge in [0.2, 0.25) is 0 Å². The molecule has 2 aromatic carbocycles. The maximum atomic E-state index is 10.0. The molecule has 0 aliphatic rings. The number of aryl methyl sites for hydroxylation is 1. The lowest BCUT2D eigenvalue weighted by Crippen LogP contribution is -1.89. The molecule has 0 saturated heterocycles. The van der Waals surface area contributed by atoms with E-state index in [-0.39, 0.29) is 5.75 Å². The summed E-state index contributed by atoms with van der Waals surface area (Å²) in [7, 11) is 0. The molecule has 1 aromatic heterocycles. The van der Waals surface area contributed by atoms with Crippen LogP contribution in [-0.4, -0.2) is 10.1 Å². The van der Waals surface area contributed by atoms with Crippen LogP contribution >= 0.6 is 23.2 Å². The molecule has 0 bridgehead atoms. The first-order valence-electron chi connectivity index (χ1n) is 6.11. The van der Waals surface area contributed by atoms with Crippen LogP contribution in [0.2, 0.25) is 10.0 Å². The minimum atomic E-state index is 0.222. The fraction of sp³-hybridized carbons (Fsp3) is 0.0625. The molecule has 0 radical (unpaired) electrons. The number of hydrogen-bond acceptors (Lipinski definition) is 2. The van der Waals surface area contributed by atoms with Gasteiger partial charge in [0.25, 0.3) is 0 Å². The Labute approximate surface area is 126 Å². The van der Waals surface area contributed by atoms with Crippen LogP contribution in [-0.2, 0) is 0 Å². The van der Waals surface area contributed by atoms with Crippen molar-refractivity contribution in [2.75, 3.05) is 0 Å². The number of pyridine rings is 1. The van der Waals surface area contributed by atoms with Crippen molar-refractivity contribution in [2.24, 2.45) is 0 Å². The van der Waals surface area contributed by atoms with Gasteiger partial charge in [-0.3, -0.25) is 4.98 Å². The van der Waals surface area contributed by atoms with Crippen molar-refractivity contribution in [2.45, 2.75) is 6.92 Å². The van der Waals surface area contributed by atoms with E-state index < -0.39 is 0 Å². The monoisotopic (exact) mass is 303 g/mol. The van der Waals surface area contributed by atoms with Crippen molar-refractivity contribution in [1.29, 1.82) is 0 Å². The van der Waals surface area contributed by atoms with Crippen molar-refractivity contribution >= 4 is 34.1 Å². The molecule has 100 valence electrons. The summed E-state index contributed by atoms with van der Waals surface area (Å²) in [6.45, 7) is 1.85. The van der Waals surface area contributed by atoms with Crippen LogP contribution < -0.4 is 0 Å². The first-order valence-corrected chi connectivity index (χ1v) is 6.86. The van der Waals surface area contributed by atoms with E-state index in [9.17, 15) is 5.11 Å². The van der Waals surface area contributed by atoms with Crippen LogP contribution in [0.3, 0.4) is 0 Å². The van der Waals surface area contributed by atoms with Crippen molar-refractivity contribution in [3.05, 3.63) is 58.2 Å². The van der Waals surface area contributed by atoms with E-state index in [2.05, 4.69) is 4.98 Å². The second-order valence-corrected chi connectivity index (χ2v) is 5.45. The molecule has 4 heteroatoms. The quantitative estimate of drug-likeness (QED) is 0.668. The lowest BCUT2D eigenvalue weighted by Gasteiger charge is -2.10. The van der Waals surface area contributed by atoms with Gasteiger partial charge in [0.1, 0.15) is 5.75 Å². The van der Waals surface area contributed by atoms with Crippen LogP contribution in [0.1, 0.15) is 5.69 Å². The molecule has 0 atom stereocenters. The number of aromatic hydroxyl groups is 1. The van der Waals surface area contributed by atoms with E-state index >= 15 is 0 Å². The number of benzene rings is 2. The van der Waals surface area contributed by atoms with E-state index in [1.54, 1.807) is 18.2 Å². The molecule has 20 heavy (non-hydrogen) atoms. The molecular formula is C16H11Cl2NO. The molecule has 0 fully saturated rings. The summed E-state index contributed by atoms with van der Waals surface area (Å²) < 4.78 is 0. The predicted molar refractivity (Wildman–Crippen MR) is 83.6 cm³/mol. The Balaban J connectivity index is 2.36. The number of para-hydroxylation sites is 1. The molecule has 0 aliphatic carbocycles. The third kappa shape index (κ3) is 2.21. The fourth-order valence-electron chi connectivity index (χ4n) is 2.28. The SMILES string of the molecule is Cc1cc(O)c2cccc(-c3ccc(Cl)cc3Cl)c2n1. The zero-order valence-electron chi connectivity index (χ0n) is 10.7. The van der Waals surface area contributed by atoms with Gasteiger partial charge >= 0.3 is 0 Å². The standard InChI is InChI=1S/C16H11Cl2NO/c1-9-7-15(20)13-4-2-3-12(16(13)19-9)11-6-5-10(17)8-14(11)18/h2-8H,1H3,(H,19,20).